The first-order chi connectivity index (χ1) is 31.5. The van der Waals surface area contributed by atoms with E-state index in [0.29, 0.717) is 19.3 Å². The van der Waals surface area contributed by atoms with Crippen molar-refractivity contribution in [1.82, 2.24) is 5.32 Å². The van der Waals surface area contributed by atoms with E-state index in [2.05, 4.69) is 123 Å². The van der Waals surface area contributed by atoms with Crippen molar-refractivity contribution in [2.24, 2.45) is 0 Å². The highest BCUT2D eigenvalue weighted by Crippen LogP contribution is 2.15. The number of amides is 1. The van der Waals surface area contributed by atoms with Crippen LogP contribution in [0.2, 0.25) is 0 Å². The first kappa shape index (κ1) is 60.5. The van der Waals surface area contributed by atoms with Crippen LogP contribution < -0.4 is 5.32 Å². The van der Waals surface area contributed by atoms with Crippen LogP contribution in [0.25, 0.3) is 0 Å². The van der Waals surface area contributed by atoms with E-state index in [9.17, 15) is 19.8 Å². The molecular formula is C58H97NO5. The van der Waals surface area contributed by atoms with Gasteiger partial charge in [0.25, 0.3) is 0 Å². The number of rotatable bonds is 45. The van der Waals surface area contributed by atoms with Crippen molar-refractivity contribution < 1.29 is 24.5 Å². The molecule has 3 atom stereocenters. The summed E-state index contributed by atoms with van der Waals surface area (Å²) >= 11 is 0. The molecule has 0 bridgehead atoms. The average Bonchev–Trinajstić information content (AvgIpc) is 3.29. The summed E-state index contributed by atoms with van der Waals surface area (Å²) in [4.78, 5) is 26.1. The van der Waals surface area contributed by atoms with Crippen LogP contribution >= 0.6 is 0 Å². The standard InChI is InChI=1S/C58H97NO5/c1-4-7-10-13-16-19-22-24-26-28-30-32-35-37-40-43-46-49-54(52-57(62)59-55(53-60)56(61)50-47-44-41-38-34-21-18-15-12-9-6-3)64-58(63)51-48-45-42-39-36-33-31-29-27-25-23-20-17-14-11-8-5-2/h7,10,16-17,19-20,24-27,30-33,37,40,46,49,54-56,60-61H,4-6,8-9,11-15,18,21-23,28-29,34-36,38-39,41-45,47-48,50-53H2,1-3H3,(H,59,62)/b10-7-,19-16-,20-17-,26-24-,27-25-,32-30-,33-31-,40-37-,49-46-. The van der Waals surface area contributed by atoms with Gasteiger partial charge in [-0.3, -0.25) is 9.59 Å². The monoisotopic (exact) mass is 888 g/mol. The van der Waals surface area contributed by atoms with Crippen molar-refractivity contribution >= 4 is 11.9 Å². The molecule has 0 aliphatic heterocycles. The molecule has 6 nitrogen and oxygen atoms in total. The second-order valence-corrected chi connectivity index (χ2v) is 17.2. The van der Waals surface area contributed by atoms with Gasteiger partial charge in [-0.25, -0.2) is 0 Å². The van der Waals surface area contributed by atoms with Gasteiger partial charge in [0, 0.05) is 6.42 Å². The maximum Gasteiger partial charge on any atom is 0.306 e. The Balaban J connectivity index is 4.83. The minimum absolute atomic E-state index is 0.0627. The maximum atomic E-state index is 13.2. The molecule has 0 aromatic rings. The van der Waals surface area contributed by atoms with Gasteiger partial charge in [-0.2, -0.15) is 0 Å². The topological polar surface area (TPSA) is 95.9 Å². The highest BCUT2D eigenvalue weighted by atomic mass is 16.5. The number of hydrogen-bond acceptors (Lipinski definition) is 5. The van der Waals surface area contributed by atoms with Crippen molar-refractivity contribution in [3.05, 3.63) is 109 Å². The lowest BCUT2D eigenvalue weighted by Gasteiger charge is -2.23. The van der Waals surface area contributed by atoms with E-state index in [4.69, 9.17) is 4.74 Å². The summed E-state index contributed by atoms with van der Waals surface area (Å²) < 4.78 is 5.82. The van der Waals surface area contributed by atoms with Crippen molar-refractivity contribution in [2.75, 3.05) is 6.61 Å². The number of esters is 1. The number of carbonyl (C=O) groups is 2. The van der Waals surface area contributed by atoms with Gasteiger partial charge in [0.1, 0.15) is 6.10 Å². The minimum atomic E-state index is -0.830. The second kappa shape index (κ2) is 50.5. The Labute approximate surface area is 394 Å². The summed E-state index contributed by atoms with van der Waals surface area (Å²) in [6.45, 7) is 6.28. The molecule has 0 fully saturated rings. The van der Waals surface area contributed by atoms with E-state index in [-0.39, 0.29) is 24.9 Å². The maximum absolute atomic E-state index is 13.2. The summed E-state index contributed by atoms with van der Waals surface area (Å²) in [5.74, 6) is -0.664. The van der Waals surface area contributed by atoms with Gasteiger partial charge in [-0.15, -0.1) is 0 Å². The van der Waals surface area contributed by atoms with Crippen LogP contribution in [0.3, 0.4) is 0 Å². The van der Waals surface area contributed by atoms with Crippen LogP contribution in [0.1, 0.15) is 220 Å². The third-order valence-electron chi connectivity index (χ3n) is 11.1. The zero-order chi connectivity index (χ0) is 46.7. The molecule has 0 aromatic carbocycles. The fraction of sp³-hybridized carbons (Fsp3) is 0.655. The van der Waals surface area contributed by atoms with Gasteiger partial charge in [0.2, 0.25) is 5.91 Å². The Bertz CT molecular complexity index is 1320. The predicted octanol–water partition coefficient (Wildman–Crippen LogP) is 15.9. The van der Waals surface area contributed by atoms with Gasteiger partial charge < -0.3 is 20.3 Å². The first-order valence-corrected chi connectivity index (χ1v) is 26.1. The third-order valence-corrected chi connectivity index (χ3v) is 11.1. The van der Waals surface area contributed by atoms with Crippen molar-refractivity contribution in [3.63, 3.8) is 0 Å². The van der Waals surface area contributed by atoms with E-state index in [1.54, 1.807) is 6.08 Å². The van der Waals surface area contributed by atoms with Crippen molar-refractivity contribution in [2.45, 2.75) is 238 Å². The molecule has 0 radical (unpaired) electrons. The van der Waals surface area contributed by atoms with E-state index in [1.165, 1.54) is 77.0 Å². The van der Waals surface area contributed by atoms with Gasteiger partial charge in [0.05, 0.1) is 25.2 Å². The molecule has 64 heavy (non-hydrogen) atoms. The van der Waals surface area contributed by atoms with Crippen molar-refractivity contribution in [1.29, 1.82) is 0 Å². The molecule has 0 aliphatic rings. The quantitative estimate of drug-likeness (QED) is 0.0322. The van der Waals surface area contributed by atoms with Gasteiger partial charge in [-0.1, -0.05) is 220 Å². The third kappa shape index (κ3) is 45.1. The molecule has 364 valence electrons. The van der Waals surface area contributed by atoms with E-state index in [0.717, 1.165) is 96.3 Å². The molecule has 1 amide bonds. The molecule has 0 rings (SSSR count). The molecule has 6 heteroatoms. The Morgan fingerprint density at radius 2 is 0.875 bits per heavy atom. The largest absolute Gasteiger partial charge is 0.458 e. The SMILES string of the molecule is CC/C=C\C/C=C\C/C=C\C/C=C\C/C=C\C/C=C\C(CC(=O)NC(CO)C(O)CCCCCCCCCCCCC)OC(=O)CCCCCC/C=C\C/C=C\C/C=C\CCCCC. The van der Waals surface area contributed by atoms with Crippen LogP contribution in [0, 0.1) is 0 Å². The zero-order valence-corrected chi connectivity index (χ0v) is 41.4. The second-order valence-electron chi connectivity index (χ2n) is 17.2. The number of hydrogen-bond donors (Lipinski definition) is 3. The molecule has 3 N–H and O–H groups in total. The van der Waals surface area contributed by atoms with Crippen LogP contribution in [0.5, 0.6) is 0 Å². The zero-order valence-electron chi connectivity index (χ0n) is 41.4. The van der Waals surface area contributed by atoms with E-state index >= 15 is 0 Å². The molecule has 0 aromatic heterocycles. The molecule has 0 aliphatic carbocycles. The first-order valence-electron chi connectivity index (χ1n) is 26.1. The fourth-order valence-electron chi connectivity index (χ4n) is 7.14. The smallest absolute Gasteiger partial charge is 0.306 e. The number of ether oxygens (including phenoxy) is 1. The lowest BCUT2D eigenvalue weighted by Crippen LogP contribution is -2.46. The highest BCUT2D eigenvalue weighted by molar-refractivity contribution is 5.78. The Morgan fingerprint density at radius 1 is 0.484 bits per heavy atom. The highest BCUT2D eigenvalue weighted by Gasteiger charge is 2.23. The summed E-state index contributed by atoms with van der Waals surface area (Å²) in [6, 6.07) is -0.754. The number of allylic oxidation sites excluding steroid dienone is 17. The van der Waals surface area contributed by atoms with E-state index in [1.807, 2.05) is 6.08 Å². The normalized spacial score (nSPS) is 14.1. The molecule has 0 saturated carbocycles. The average molecular weight is 888 g/mol. The van der Waals surface area contributed by atoms with Crippen molar-refractivity contribution in [3.8, 4) is 0 Å². The van der Waals surface area contributed by atoms with Crippen LogP contribution in [0.4, 0.5) is 0 Å². The summed E-state index contributed by atoms with van der Waals surface area (Å²) in [7, 11) is 0. The molecule has 0 spiro atoms. The molecule has 0 heterocycles. The molecule has 3 unspecified atom stereocenters. The van der Waals surface area contributed by atoms with Crippen LogP contribution in [0.15, 0.2) is 109 Å². The van der Waals surface area contributed by atoms with Gasteiger partial charge >= 0.3 is 5.97 Å². The number of aliphatic hydroxyl groups is 2. The number of unbranched alkanes of at least 4 members (excludes halogenated alkanes) is 17. The number of carbonyl (C=O) groups excluding carboxylic acids is 2. The molecular weight excluding hydrogens is 791 g/mol. The summed E-state index contributed by atoms with van der Waals surface area (Å²) in [5, 5.41) is 23.7. The summed E-state index contributed by atoms with van der Waals surface area (Å²) in [5.41, 5.74) is 0. The van der Waals surface area contributed by atoms with Gasteiger partial charge in [0.15, 0.2) is 0 Å². The van der Waals surface area contributed by atoms with Crippen LogP contribution in [-0.4, -0.2) is 46.9 Å². The lowest BCUT2D eigenvalue weighted by molar-refractivity contribution is -0.148. The van der Waals surface area contributed by atoms with Gasteiger partial charge in [-0.05, 0) is 96.0 Å². The minimum Gasteiger partial charge on any atom is -0.458 e. The Morgan fingerprint density at radius 3 is 1.36 bits per heavy atom. The fourth-order valence-corrected chi connectivity index (χ4v) is 7.14. The predicted molar refractivity (Wildman–Crippen MR) is 277 cm³/mol. The Hall–Kier alpha value is -3.48. The number of nitrogens with one attached hydrogen (secondary N) is 1. The summed E-state index contributed by atoms with van der Waals surface area (Å²) in [6.07, 6.45) is 68.9. The molecule has 0 saturated heterocycles. The van der Waals surface area contributed by atoms with Crippen LogP contribution in [-0.2, 0) is 14.3 Å². The lowest BCUT2D eigenvalue weighted by atomic mass is 10.0. The Kier molecular flexibility index (Phi) is 47.8. The number of aliphatic hydroxyl groups excluding tert-OH is 2. The van der Waals surface area contributed by atoms with E-state index < -0.39 is 18.2 Å².